The van der Waals surface area contributed by atoms with E-state index in [1.807, 2.05) is 13.8 Å². The molecule has 1 saturated heterocycles. The minimum absolute atomic E-state index is 0. The zero-order chi connectivity index (χ0) is 17.6. The van der Waals surface area contributed by atoms with Crippen LogP contribution in [0.15, 0.2) is 28.8 Å². The van der Waals surface area contributed by atoms with Crippen LogP contribution in [0.2, 0.25) is 0 Å². The van der Waals surface area contributed by atoms with Gasteiger partial charge in [-0.2, -0.15) is 0 Å². The van der Waals surface area contributed by atoms with Gasteiger partial charge in [0.2, 0.25) is 5.91 Å². The van der Waals surface area contributed by atoms with E-state index in [0.29, 0.717) is 17.9 Å². The smallest absolute Gasteiger partial charge is 0.219 e. The summed E-state index contributed by atoms with van der Waals surface area (Å²) in [7, 11) is 0. The van der Waals surface area contributed by atoms with E-state index in [1.54, 1.807) is 6.92 Å². The van der Waals surface area contributed by atoms with Gasteiger partial charge in [-0.3, -0.25) is 4.79 Å². The summed E-state index contributed by atoms with van der Waals surface area (Å²) in [5.41, 5.74) is 4.47. The van der Waals surface area contributed by atoms with Crippen LogP contribution in [0.3, 0.4) is 0 Å². The van der Waals surface area contributed by atoms with Crippen molar-refractivity contribution in [2.24, 2.45) is 5.92 Å². The van der Waals surface area contributed by atoms with E-state index < -0.39 is 0 Å². The summed E-state index contributed by atoms with van der Waals surface area (Å²) < 4.78 is 5.27. The molecule has 140 valence electrons. The fraction of sp³-hybridized carbons (Fsp3) is 0.500. The van der Waals surface area contributed by atoms with E-state index in [2.05, 4.69) is 39.6 Å². The summed E-state index contributed by atoms with van der Waals surface area (Å²) >= 11 is 0. The van der Waals surface area contributed by atoms with Crippen molar-refractivity contribution >= 4 is 18.3 Å². The lowest BCUT2D eigenvalue weighted by Crippen LogP contribution is -2.49. The maximum atomic E-state index is 12.1. The summed E-state index contributed by atoms with van der Waals surface area (Å²) in [5.74, 6) is 2.14. The molecule has 1 aromatic carbocycles. The molecule has 2 aliphatic rings. The molecule has 1 aliphatic carbocycles. The van der Waals surface area contributed by atoms with Gasteiger partial charge in [-0.25, -0.2) is 0 Å². The van der Waals surface area contributed by atoms with E-state index in [0.717, 1.165) is 48.6 Å². The summed E-state index contributed by atoms with van der Waals surface area (Å²) in [6.45, 7) is 8.57. The summed E-state index contributed by atoms with van der Waals surface area (Å²) in [4.78, 5) is 14.1. The third-order valence-corrected chi connectivity index (χ3v) is 5.54. The fourth-order valence-corrected chi connectivity index (χ4v) is 3.93. The quantitative estimate of drug-likeness (QED) is 0.871. The molecule has 2 fully saturated rings. The Hall–Kier alpha value is -1.85. The van der Waals surface area contributed by atoms with Gasteiger partial charge in [-0.1, -0.05) is 29.4 Å². The van der Waals surface area contributed by atoms with Crippen LogP contribution in [0.4, 0.5) is 0 Å². The zero-order valence-corrected chi connectivity index (χ0v) is 16.3. The first-order chi connectivity index (χ1) is 12.0. The largest absolute Gasteiger partial charge is 0.361 e. The number of rotatable bonds is 5. The highest BCUT2D eigenvalue weighted by Crippen LogP contribution is 2.45. The van der Waals surface area contributed by atoms with Crippen LogP contribution in [-0.2, 0) is 4.79 Å². The molecular formula is C20H26ClN3O2. The predicted octanol–water partition coefficient (Wildman–Crippen LogP) is 3.30. The second kappa shape index (κ2) is 7.41. The maximum Gasteiger partial charge on any atom is 0.219 e. The van der Waals surface area contributed by atoms with Gasteiger partial charge in [0, 0.05) is 50.0 Å². The lowest BCUT2D eigenvalue weighted by atomic mass is 10.0. The Balaban J connectivity index is 0.00000196. The van der Waals surface area contributed by atoms with Crippen LogP contribution in [-0.4, -0.2) is 41.6 Å². The number of nitrogens with zero attached hydrogens (tertiary/aromatic N) is 2. The molecule has 0 radical (unpaired) electrons. The molecule has 1 amide bonds. The molecule has 2 unspecified atom stereocenters. The first kappa shape index (κ1) is 18.9. The van der Waals surface area contributed by atoms with Crippen molar-refractivity contribution < 1.29 is 9.32 Å². The van der Waals surface area contributed by atoms with Gasteiger partial charge >= 0.3 is 0 Å². The Kier molecular flexibility index (Phi) is 5.39. The Morgan fingerprint density at radius 2 is 1.96 bits per heavy atom. The van der Waals surface area contributed by atoms with E-state index in [1.165, 1.54) is 5.56 Å². The average molecular weight is 376 g/mol. The number of aryl methyl sites for hydroxylation is 2. The number of hydrogen-bond donors (Lipinski definition) is 1. The molecule has 6 heteroatoms. The number of halogens is 1. The fourth-order valence-electron chi connectivity index (χ4n) is 3.93. The Bertz CT molecular complexity index is 763. The van der Waals surface area contributed by atoms with E-state index in [4.69, 9.17) is 4.52 Å². The second-order valence-electron chi connectivity index (χ2n) is 7.43. The number of hydrogen-bond acceptors (Lipinski definition) is 4. The Morgan fingerprint density at radius 3 is 2.46 bits per heavy atom. The Labute approximate surface area is 160 Å². The summed E-state index contributed by atoms with van der Waals surface area (Å²) in [5, 5.41) is 7.32. The minimum Gasteiger partial charge on any atom is -0.361 e. The minimum atomic E-state index is 0. The molecule has 5 nitrogen and oxygen atoms in total. The number of carbonyl (C=O) groups excluding carboxylic acids is 1. The monoisotopic (exact) mass is 375 g/mol. The normalized spacial score (nSPS) is 21.7. The molecular weight excluding hydrogens is 350 g/mol. The van der Waals surface area contributed by atoms with Gasteiger partial charge < -0.3 is 14.7 Å². The van der Waals surface area contributed by atoms with Crippen LogP contribution < -0.4 is 5.32 Å². The van der Waals surface area contributed by atoms with Gasteiger partial charge in [-0.05, 0) is 31.4 Å². The maximum absolute atomic E-state index is 12.1. The number of amides is 1. The van der Waals surface area contributed by atoms with Gasteiger partial charge in [-0.15, -0.1) is 12.4 Å². The highest BCUT2D eigenvalue weighted by Gasteiger charge is 2.44. The second-order valence-corrected chi connectivity index (χ2v) is 7.43. The molecule has 4 rings (SSSR count). The third-order valence-electron chi connectivity index (χ3n) is 5.54. The summed E-state index contributed by atoms with van der Waals surface area (Å²) in [6, 6.07) is 9.03. The molecule has 0 bridgehead atoms. The molecule has 1 aromatic heterocycles. The van der Waals surface area contributed by atoms with E-state index in [-0.39, 0.29) is 18.3 Å². The number of carbonyl (C=O) groups is 1. The molecule has 2 heterocycles. The molecule has 1 N–H and O–H groups in total. The van der Waals surface area contributed by atoms with Crippen molar-refractivity contribution in [3.8, 4) is 11.1 Å². The van der Waals surface area contributed by atoms with Crippen LogP contribution in [0.1, 0.15) is 36.3 Å². The van der Waals surface area contributed by atoms with Crippen molar-refractivity contribution in [1.29, 1.82) is 0 Å². The van der Waals surface area contributed by atoms with Crippen LogP contribution in [0, 0.1) is 19.8 Å². The third kappa shape index (κ3) is 3.51. The summed E-state index contributed by atoms with van der Waals surface area (Å²) in [6.07, 6.45) is 1.07. The van der Waals surface area contributed by atoms with Crippen LogP contribution >= 0.6 is 12.4 Å². The first-order valence-corrected chi connectivity index (χ1v) is 9.05. The highest BCUT2D eigenvalue weighted by molar-refractivity contribution is 5.85. The number of benzene rings is 1. The van der Waals surface area contributed by atoms with Crippen molar-refractivity contribution in [2.75, 3.05) is 19.6 Å². The lowest BCUT2D eigenvalue weighted by Gasteiger charge is -2.33. The lowest BCUT2D eigenvalue weighted by molar-refractivity contribution is -0.130. The van der Waals surface area contributed by atoms with Crippen molar-refractivity contribution in [2.45, 2.75) is 39.2 Å². The van der Waals surface area contributed by atoms with Crippen molar-refractivity contribution in [3.05, 3.63) is 41.3 Å². The topological polar surface area (TPSA) is 58.4 Å². The van der Waals surface area contributed by atoms with Gasteiger partial charge in [0.05, 0.1) is 5.69 Å². The molecule has 2 atom stereocenters. The number of aromatic nitrogens is 1. The molecule has 1 aliphatic heterocycles. The molecule has 1 saturated carbocycles. The Morgan fingerprint density at radius 1 is 1.27 bits per heavy atom. The van der Waals surface area contributed by atoms with Gasteiger partial charge in [0.15, 0.2) is 0 Å². The van der Waals surface area contributed by atoms with Gasteiger partial charge in [0.25, 0.3) is 0 Å². The molecule has 26 heavy (non-hydrogen) atoms. The van der Waals surface area contributed by atoms with E-state index >= 15 is 0 Å². The first-order valence-electron chi connectivity index (χ1n) is 9.05. The zero-order valence-electron chi connectivity index (χ0n) is 15.5. The standard InChI is InChI=1S/C20H25N3O2.ClH/c1-12-20(13(2)25-22-12)17-6-4-16(5-7-17)18-8-19(18)23(14(3)24)11-15-9-21-10-15;/h4-7,15,18-19,21H,8-11H2,1-3H3;1H. The number of nitrogens with one attached hydrogen (secondary N) is 1. The van der Waals surface area contributed by atoms with Crippen LogP contribution in [0.25, 0.3) is 11.1 Å². The van der Waals surface area contributed by atoms with Crippen LogP contribution in [0.5, 0.6) is 0 Å². The van der Waals surface area contributed by atoms with Crippen molar-refractivity contribution in [3.63, 3.8) is 0 Å². The molecule has 0 spiro atoms. The van der Waals surface area contributed by atoms with Gasteiger partial charge in [0.1, 0.15) is 5.76 Å². The predicted molar refractivity (Wildman–Crippen MR) is 104 cm³/mol. The SMILES string of the molecule is CC(=O)N(CC1CNC1)C1CC1c1ccc(-c2c(C)noc2C)cc1.Cl. The molecule has 2 aromatic rings. The average Bonchev–Trinajstić information content (AvgIpc) is 3.25. The highest BCUT2D eigenvalue weighted by atomic mass is 35.5. The van der Waals surface area contributed by atoms with Crippen molar-refractivity contribution in [1.82, 2.24) is 15.4 Å². The van der Waals surface area contributed by atoms with E-state index in [9.17, 15) is 4.79 Å².